The Morgan fingerprint density at radius 1 is 1.20 bits per heavy atom. The minimum atomic E-state index is -0.369. The molecule has 3 N–H and O–H groups in total. The van der Waals surface area contributed by atoms with Crippen LogP contribution in [0.5, 0.6) is 5.75 Å². The van der Waals surface area contributed by atoms with E-state index in [1.54, 1.807) is 11.8 Å². The fourth-order valence-corrected chi connectivity index (χ4v) is 3.60. The van der Waals surface area contributed by atoms with Gasteiger partial charge in [-0.15, -0.1) is 11.8 Å². The summed E-state index contributed by atoms with van der Waals surface area (Å²) in [4.78, 5) is 13.5. The summed E-state index contributed by atoms with van der Waals surface area (Å²) in [6.45, 7) is 4.08. The molecule has 0 atom stereocenters. The van der Waals surface area contributed by atoms with Gasteiger partial charge in [-0.2, -0.15) is 5.10 Å². The number of amides is 2. The average Bonchev–Trinajstić information content (AvgIpc) is 3.29. The molecule has 2 amide bonds. The van der Waals surface area contributed by atoms with Crippen LogP contribution in [-0.4, -0.2) is 27.6 Å². The summed E-state index contributed by atoms with van der Waals surface area (Å²) in [5.74, 6) is 1.81. The molecular formula is C21H21N5O3S. The highest BCUT2D eigenvalue weighted by Gasteiger charge is 2.13. The summed E-state index contributed by atoms with van der Waals surface area (Å²) >= 11 is 1.56. The van der Waals surface area contributed by atoms with Crippen LogP contribution in [0.25, 0.3) is 10.9 Å². The van der Waals surface area contributed by atoms with Crippen LogP contribution in [-0.2, 0) is 6.61 Å². The van der Waals surface area contributed by atoms with Gasteiger partial charge in [-0.1, -0.05) is 17.3 Å². The van der Waals surface area contributed by atoms with E-state index in [0.717, 1.165) is 38.5 Å². The van der Waals surface area contributed by atoms with Crippen molar-refractivity contribution in [3.05, 3.63) is 59.5 Å². The number of urea groups is 1. The molecule has 4 aromatic rings. The zero-order valence-corrected chi connectivity index (χ0v) is 17.6. The van der Waals surface area contributed by atoms with E-state index in [-0.39, 0.29) is 6.03 Å². The second-order valence-electron chi connectivity index (χ2n) is 6.65. The Morgan fingerprint density at radius 3 is 2.80 bits per heavy atom. The van der Waals surface area contributed by atoms with Gasteiger partial charge in [0.1, 0.15) is 18.1 Å². The molecule has 0 radical (unpaired) electrons. The molecule has 9 heteroatoms. The summed E-state index contributed by atoms with van der Waals surface area (Å²) in [6, 6.07) is 12.8. The number of ether oxygens (including phenoxy) is 1. The van der Waals surface area contributed by atoms with Crippen LogP contribution >= 0.6 is 11.8 Å². The maximum absolute atomic E-state index is 12.5. The number of carbonyl (C=O) groups excluding carboxylic acids is 1. The zero-order chi connectivity index (χ0) is 21.1. The number of H-pyrrole nitrogens is 1. The first-order valence-corrected chi connectivity index (χ1v) is 10.5. The van der Waals surface area contributed by atoms with Crippen molar-refractivity contribution in [2.24, 2.45) is 0 Å². The molecule has 2 heterocycles. The number of anilines is 2. The molecule has 0 saturated carbocycles. The summed E-state index contributed by atoms with van der Waals surface area (Å²) in [5, 5.41) is 17.5. The molecule has 0 aliphatic rings. The van der Waals surface area contributed by atoms with Gasteiger partial charge in [0.15, 0.2) is 5.82 Å². The van der Waals surface area contributed by atoms with E-state index in [1.807, 2.05) is 62.6 Å². The van der Waals surface area contributed by atoms with E-state index >= 15 is 0 Å². The number of para-hydroxylation sites is 1. The Labute approximate surface area is 177 Å². The highest BCUT2D eigenvalue weighted by molar-refractivity contribution is 7.98. The minimum absolute atomic E-state index is 0.346. The third-order valence-electron chi connectivity index (χ3n) is 4.69. The van der Waals surface area contributed by atoms with Gasteiger partial charge in [-0.3, -0.25) is 10.4 Å². The van der Waals surface area contributed by atoms with Crippen LogP contribution in [0.1, 0.15) is 17.0 Å². The molecule has 0 saturated heterocycles. The maximum atomic E-state index is 12.5. The highest BCUT2D eigenvalue weighted by Crippen LogP contribution is 2.28. The summed E-state index contributed by atoms with van der Waals surface area (Å²) < 4.78 is 11.1. The molecule has 0 spiro atoms. The van der Waals surface area contributed by atoms with Crippen LogP contribution in [0.3, 0.4) is 0 Å². The molecule has 2 aromatic carbocycles. The van der Waals surface area contributed by atoms with Gasteiger partial charge in [-0.05, 0) is 50.4 Å². The van der Waals surface area contributed by atoms with Gasteiger partial charge in [0.05, 0.1) is 22.5 Å². The molecule has 4 rings (SSSR count). The molecular weight excluding hydrogens is 402 g/mol. The number of benzene rings is 2. The van der Waals surface area contributed by atoms with Crippen molar-refractivity contribution >= 4 is 40.2 Å². The minimum Gasteiger partial charge on any atom is -0.489 e. The van der Waals surface area contributed by atoms with Crippen molar-refractivity contribution < 1.29 is 14.1 Å². The maximum Gasteiger partial charge on any atom is 0.324 e. The summed E-state index contributed by atoms with van der Waals surface area (Å²) in [7, 11) is 0. The second kappa shape index (κ2) is 8.50. The summed E-state index contributed by atoms with van der Waals surface area (Å²) in [6.07, 6.45) is 1.96. The zero-order valence-electron chi connectivity index (χ0n) is 16.8. The first-order chi connectivity index (χ1) is 14.5. The van der Waals surface area contributed by atoms with Crippen molar-refractivity contribution in [2.45, 2.75) is 25.3 Å². The number of aromatic amines is 1. The van der Waals surface area contributed by atoms with Crippen molar-refractivity contribution in [3.8, 4) is 5.75 Å². The van der Waals surface area contributed by atoms with Crippen molar-refractivity contribution in [1.29, 1.82) is 0 Å². The lowest BCUT2D eigenvalue weighted by Crippen LogP contribution is -2.20. The lowest BCUT2D eigenvalue weighted by Gasteiger charge is -2.10. The highest BCUT2D eigenvalue weighted by atomic mass is 32.2. The van der Waals surface area contributed by atoms with E-state index in [0.29, 0.717) is 18.2 Å². The fraction of sp³-hybridized carbons (Fsp3) is 0.190. The standard InChI is InChI=1S/C21H21N5O3S/c1-12-16(13(2)29-26-12)11-28-14-8-9-17-15(10-14)20(25-24-17)23-21(27)22-18-6-4-5-7-19(18)30-3/h4-10H,11H2,1-3H3,(H3,22,23,24,25,27). The Balaban J connectivity index is 1.49. The van der Waals surface area contributed by atoms with Crippen LogP contribution in [0, 0.1) is 13.8 Å². The molecule has 0 aliphatic carbocycles. The Hall–Kier alpha value is -3.46. The number of carbonyl (C=O) groups is 1. The monoisotopic (exact) mass is 423 g/mol. The predicted molar refractivity (Wildman–Crippen MR) is 117 cm³/mol. The average molecular weight is 423 g/mol. The lowest BCUT2D eigenvalue weighted by atomic mass is 10.2. The number of aromatic nitrogens is 3. The molecule has 2 aromatic heterocycles. The Bertz CT molecular complexity index is 1180. The van der Waals surface area contributed by atoms with Crippen molar-refractivity contribution in [2.75, 3.05) is 16.9 Å². The number of hydrogen-bond acceptors (Lipinski definition) is 6. The van der Waals surface area contributed by atoms with Crippen molar-refractivity contribution in [3.63, 3.8) is 0 Å². The third kappa shape index (κ3) is 4.11. The summed E-state index contributed by atoms with van der Waals surface area (Å²) in [5.41, 5.74) is 3.26. The number of fused-ring (bicyclic) bond motifs is 1. The number of thioether (sulfide) groups is 1. The Kier molecular flexibility index (Phi) is 5.62. The molecule has 154 valence electrons. The predicted octanol–water partition coefficient (Wildman–Crippen LogP) is 5.11. The van der Waals surface area contributed by atoms with Gasteiger partial charge in [0, 0.05) is 10.3 Å². The van der Waals surface area contributed by atoms with E-state index in [9.17, 15) is 4.79 Å². The van der Waals surface area contributed by atoms with Gasteiger partial charge < -0.3 is 14.6 Å². The number of nitrogens with zero attached hydrogens (tertiary/aromatic N) is 2. The number of aryl methyl sites for hydroxylation is 2. The van der Waals surface area contributed by atoms with Crippen molar-refractivity contribution in [1.82, 2.24) is 15.4 Å². The largest absolute Gasteiger partial charge is 0.489 e. The first-order valence-electron chi connectivity index (χ1n) is 9.29. The van der Waals surface area contributed by atoms with Gasteiger partial charge in [0.25, 0.3) is 0 Å². The molecule has 0 bridgehead atoms. The first kappa shape index (κ1) is 19.8. The molecule has 0 unspecified atom stereocenters. The molecule has 8 nitrogen and oxygen atoms in total. The van der Waals surface area contributed by atoms with Crippen LogP contribution in [0.2, 0.25) is 0 Å². The third-order valence-corrected chi connectivity index (χ3v) is 5.48. The number of nitrogens with one attached hydrogen (secondary N) is 3. The topological polar surface area (TPSA) is 105 Å². The van der Waals surface area contributed by atoms with Crippen LogP contribution in [0.15, 0.2) is 51.9 Å². The van der Waals surface area contributed by atoms with E-state index < -0.39 is 0 Å². The fourth-order valence-electron chi connectivity index (χ4n) is 3.05. The number of hydrogen-bond donors (Lipinski definition) is 3. The Morgan fingerprint density at radius 2 is 2.03 bits per heavy atom. The van der Waals surface area contributed by atoms with E-state index in [2.05, 4.69) is 26.0 Å². The lowest BCUT2D eigenvalue weighted by molar-refractivity contribution is 0.262. The number of rotatable bonds is 6. The van der Waals surface area contributed by atoms with Gasteiger partial charge >= 0.3 is 6.03 Å². The molecule has 30 heavy (non-hydrogen) atoms. The van der Waals surface area contributed by atoms with E-state index in [4.69, 9.17) is 9.26 Å². The van der Waals surface area contributed by atoms with Gasteiger partial charge in [0.2, 0.25) is 0 Å². The smallest absolute Gasteiger partial charge is 0.324 e. The SMILES string of the molecule is CSc1ccccc1NC(=O)Nc1n[nH]c2ccc(OCc3c(C)noc3C)cc12. The normalized spacial score (nSPS) is 10.9. The molecule has 0 fully saturated rings. The van der Waals surface area contributed by atoms with Crippen LogP contribution < -0.4 is 15.4 Å². The van der Waals surface area contributed by atoms with E-state index in [1.165, 1.54) is 0 Å². The van der Waals surface area contributed by atoms with Gasteiger partial charge in [-0.25, -0.2) is 4.79 Å². The second-order valence-corrected chi connectivity index (χ2v) is 7.50. The van der Waals surface area contributed by atoms with Crippen LogP contribution in [0.4, 0.5) is 16.3 Å². The quantitative estimate of drug-likeness (QED) is 0.372. The molecule has 0 aliphatic heterocycles.